The molecule has 0 aliphatic carbocycles. The molecular formula is C11H16N2O2. The van der Waals surface area contributed by atoms with Gasteiger partial charge in [-0.05, 0) is 19.1 Å². The van der Waals surface area contributed by atoms with Crippen molar-refractivity contribution in [2.45, 2.75) is 25.1 Å². The summed E-state index contributed by atoms with van der Waals surface area (Å²) in [4.78, 5) is 4.26. The molecular weight excluding hydrogens is 192 g/mol. The van der Waals surface area contributed by atoms with E-state index >= 15 is 0 Å². The molecule has 82 valence electrons. The van der Waals surface area contributed by atoms with Crippen LogP contribution in [0.25, 0.3) is 0 Å². The molecule has 0 radical (unpaired) electrons. The first-order chi connectivity index (χ1) is 7.27. The van der Waals surface area contributed by atoms with E-state index in [1.165, 1.54) is 0 Å². The van der Waals surface area contributed by atoms with Crippen molar-refractivity contribution in [2.24, 2.45) is 0 Å². The van der Waals surface area contributed by atoms with Gasteiger partial charge in [-0.15, -0.1) is 0 Å². The fourth-order valence-electron chi connectivity index (χ4n) is 1.74. The number of hydrogen-bond acceptors (Lipinski definition) is 4. The monoisotopic (exact) mass is 208 g/mol. The Hall–Kier alpha value is -0.970. The molecule has 1 saturated heterocycles. The van der Waals surface area contributed by atoms with Crippen molar-refractivity contribution in [3.05, 3.63) is 30.1 Å². The van der Waals surface area contributed by atoms with Gasteiger partial charge in [-0.2, -0.15) is 0 Å². The molecule has 3 atom stereocenters. The lowest BCUT2D eigenvalue weighted by Crippen LogP contribution is -2.40. The molecule has 1 aliphatic rings. The average molecular weight is 208 g/mol. The molecule has 2 rings (SSSR count). The molecule has 1 fully saturated rings. The summed E-state index contributed by atoms with van der Waals surface area (Å²) >= 11 is 0. The minimum atomic E-state index is -0.406. The Morgan fingerprint density at radius 1 is 1.53 bits per heavy atom. The summed E-state index contributed by atoms with van der Waals surface area (Å²) in [6, 6.07) is 5.97. The van der Waals surface area contributed by atoms with E-state index in [-0.39, 0.29) is 12.1 Å². The Bertz CT molecular complexity index is 305. The highest BCUT2D eigenvalue weighted by Crippen LogP contribution is 2.13. The van der Waals surface area contributed by atoms with Crippen molar-refractivity contribution >= 4 is 0 Å². The lowest BCUT2D eigenvalue weighted by molar-refractivity contribution is 0.121. The second-order valence-electron chi connectivity index (χ2n) is 3.85. The molecule has 2 N–H and O–H groups in total. The first-order valence-electron chi connectivity index (χ1n) is 5.20. The van der Waals surface area contributed by atoms with Crippen molar-refractivity contribution in [2.75, 3.05) is 13.2 Å². The number of pyridine rings is 1. The number of hydrogen-bond donors (Lipinski definition) is 2. The molecule has 0 aromatic carbocycles. The first-order valence-corrected chi connectivity index (χ1v) is 5.20. The smallest absolute Gasteiger partial charge is 0.0948 e. The van der Waals surface area contributed by atoms with Crippen molar-refractivity contribution in [3.8, 4) is 0 Å². The zero-order valence-electron chi connectivity index (χ0n) is 8.76. The standard InChI is InChI=1S/C11H16N2O2/c1-8(9-4-2-3-5-12-9)13-10-6-15-7-11(10)14/h2-5,8,10-11,13-14H,6-7H2,1H3. The topological polar surface area (TPSA) is 54.4 Å². The van der Waals surface area contributed by atoms with Crippen LogP contribution in [-0.4, -0.2) is 35.5 Å². The minimum absolute atomic E-state index is 0.0157. The molecule has 4 nitrogen and oxygen atoms in total. The van der Waals surface area contributed by atoms with Crippen LogP contribution in [0.2, 0.25) is 0 Å². The third-order valence-electron chi connectivity index (χ3n) is 2.65. The SMILES string of the molecule is CC(NC1COCC1O)c1ccccn1. The van der Waals surface area contributed by atoms with Gasteiger partial charge >= 0.3 is 0 Å². The zero-order chi connectivity index (χ0) is 10.7. The van der Waals surface area contributed by atoms with Gasteiger partial charge in [-0.25, -0.2) is 0 Å². The number of aliphatic hydroxyl groups excluding tert-OH is 1. The van der Waals surface area contributed by atoms with E-state index in [1.807, 2.05) is 25.1 Å². The predicted octanol–water partition coefficient (Wildman–Crippen LogP) is 0.492. The van der Waals surface area contributed by atoms with Crippen molar-refractivity contribution in [1.29, 1.82) is 0 Å². The lowest BCUT2D eigenvalue weighted by atomic mass is 10.1. The maximum Gasteiger partial charge on any atom is 0.0948 e. The normalized spacial score (nSPS) is 27.9. The molecule has 4 heteroatoms. The summed E-state index contributed by atoms with van der Waals surface area (Å²) in [5.41, 5.74) is 0.983. The molecule has 3 unspecified atom stereocenters. The number of aromatic nitrogens is 1. The summed E-state index contributed by atoms with van der Waals surface area (Å²) in [5.74, 6) is 0. The Morgan fingerprint density at radius 3 is 3.00 bits per heavy atom. The van der Waals surface area contributed by atoms with Crippen LogP contribution in [-0.2, 0) is 4.74 Å². The van der Waals surface area contributed by atoms with Crippen molar-refractivity contribution < 1.29 is 9.84 Å². The Morgan fingerprint density at radius 2 is 2.40 bits per heavy atom. The summed E-state index contributed by atoms with van der Waals surface area (Å²) in [5, 5.41) is 12.9. The summed E-state index contributed by atoms with van der Waals surface area (Å²) < 4.78 is 5.17. The van der Waals surface area contributed by atoms with Crippen LogP contribution in [0, 0.1) is 0 Å². The Labute approximate surface area is 89.3 Å². The molecule has 1 aliphatic heterocycles. The average Bonchev–Trinajstić information content (AvgIpc) is 2.66. The van der Waals surface area contributed by atoms with Gasteiger partial charge < -0.3 is 15.2 Å². The molecule has 0 bridgehead atoms. The van der Waals surface area contributed by atoms with Crippen LogP contribution in [0.3, 0.4) is 0 Å². The summed E-state index contributed by atoms with van der Waals surface area (Å²) in [6.07, 6.45) is 1.37. The van der Waals surface area contributed by atoms with Crippen LogP contribution in [0.15, 0.2) is 24.4 Å². The van der Waals surface area contributed by atoms with Crippen LogP contribution in [0.4, 0.5) is 0 Å². The van der Waals surface area contributed by atoms with Crippen LogP contribution in [0.5, 0.6) is 0 Å². The molecule has 0 saturated carbocycles. The van der Waals surface area contributed by atoms with Gasteiger partial charge in [0.05, 0.1) is 31.1 Å². The first kappa shape index (κ1) is 10.5. The highest BCUT2D eigenvalue weighted by molar-refractivity contribution is 5.08. The van der Waals surface area contributed by atoms with Gasteiger partial charge in [-0.3, -0.25) is 4.98 Å². The van der Waals surface area contributed by atoms with E-state index in [0.717, 1.165) is 5.69 Å². The van der Waals surface area contributed by atoms with Gasteiger partial charge in [0.25, 0.3) is 0 Å². The summed E-state index contributed by atoms with van der Waals surface area (Å²) in [6.45, 7) is 3.03. The van der Waals surface area contributed by atoms with E-state index < -0.39 is 6.10 Å². The number of aliphatic hydroxyl groups is 1. The van der Waals surface area contributed by atoms with Crippen LogP contribution >= 0.6 is 0 Å². The maximum absolute atomic E-state index is 9.58. The third-order valence-corrected chi connectivity index (χ3v) is 2.65. The molecule has 0 spiro atoms. The molecule has 1 aromatic rings. The molecule has 1 aromatic heterocycles. The fourth-order valence-corrected chi connectivity index (χ4v) is 1.74. The van der Waals surface area contributed by atoms with Gasteiger partial charge in [0.15, 0.2) is 0 Å². The summed E-state index contributed by atoms with van der Waals surface area (Å²) in [7, 11) is 0. The van der Waals surface area contributed by atoms with Gasteiger partial charge in [-0.1, -0.05) is 6.07 Å². The quantitative estimate of drug-likeness (QED) is 0.759. The predicted molar refractivity (Wildman–Crippen MR) is 56.4 cm³/mol. The van der Waals surface area contributed by atoms with Crippen LogP contribution in [0.1, 0.15) is 18.7 Å². The number of ether oxygens (including phenoxy) is 1. The van der Waals surface area contributed by atoms with E-state index in [4.69, 9.17) is 4.74 Å². The molecule has 15 heavy (non-hydrogen) atoms. The van der Waals surface area contributed by atoms with Gasteiger partial charge in [0.2, 0.25) is 0 Å². The highest BCUT2D eigenvalue weighted by atomic mass is 16.5. The lowest BCUT2D eigenvalue weighted by Gasteiger charge is -2.20. The van der Waals surface area contributed by atoms with E-state index in [0.29, 0.717) is 13.2 Å². The number of nitrogens with one attached hydrogen (secondary N) is 1. The number of rotatable bonds is 3. The van der Waals surface area contributed by atoms with E-state index in [1.54, 1.807) is 6.20 Å². The maximum atomic E-state index is 9.58. The van der Waals surface area contributed by atoms with E-state index in [2.05, 4.69) is 10.3 Å². The fraction of sp³-hybridized carbons (Fsp3) is 0.545. The van der Waals surface area contributed by atoms with Crippen molar-refractivity contribution in [1.82, 2.24) is 10.3 Å². The molecule has 0 amide bonds. The van der Waals surface area contributed by atoms with Crippen LogP contribution < -0.4 is 5.32 Å². The second-order valence-corrected chi connectivity index (χ2v) is 3.85. The minimum Gasteiger partial charge on any atom is -0.389 e. The van der Waals surface area contributed by atoms with Crippen molar-refractivity contribution in [3.63, 3.8) is 0 Å². The number of nitrogens with zero attached hydrogens (tertiary/aromatic N) is 1. The Balaban J connectivity index is 1.95. The largest absolute Gasteiger partial charge is 0.389 e. The van der Waals surface area contributed by atoms with Gasteiger partial charge in [0.1, 0.15) is 0 Å². The van der Waals surface area contributed by atoms with E-state index in [9.17, 15) is 5.11 Å². The third kappa shape index (κ3) is 2.53. The molecule has 2 heterocycles. The zero-order valence-corrected chi connectivity index (χ0v) is 8.76. The van der Waals surface area contributed by atoms with Gasteiger partial charge in [0, 0.05) is 12.2 Å². The Kier molecular flexibility index (Phi) is 3.30. The second kappa shape index (κ2) is 4.70. The highest BCUT2D eigenvalue weighted by Gasteiger charge is 2.27.